The Morgan fingerprint density at radius 3 is 2.00 bits per heavy atom. The number of hydrogen-bond acceptors (Lipinski definition) is 5. The minimum atomic E-state index is -0.797. The first kappa shape index (κ1) is 26.2. The minimum absolute atomic E-state index is 0.0111. The molecule has 1 fully saturated rings. The lowest BCUT2D eigenvalue weighted by molar-refractivity contribution is -0.149. The molecule has 0 amide bonds. The summed E-state index contributed by atoms with van der Waals surface area (Å²) in [5, 5.41) is 0. The number of carbonyl (C=O) groups excluding carboxylic acids is 2. The molecule has 1 atom stereocenters. The normalized spacial score (nSPS) is 15.2. The maximum absolute atomic E-state index is 13.6. The number of Topliss-reactive ketones (excluding diaryl/α,β-unsaturated/α-hetero) is 1. The van der Waals surface area contributed by atoms with Gasteiger partial charge in [-0.1, -0.05) is 77.2 Å². The van der Waals surface area contributed by atoms with Gasteiger partial charge < -0.3 is 14.2 Å². The number of rotatable bonds is 15. The summed E-state index contributed by atoms with van der Waals surface area (Å²) >= 11 is 0. The van der Waals surface area contributed by atoms with Crippen LogP contribution in [0.4, 0.5) is 0 Å². The Kier molecular flexibility index (Phi) is 12.2. The van der Waals surface area contributed by atoms with Crippen molar-refractivity contribution in [1.29, 1.82) is 0 Å². The van der Waals surface area contributed by atoms with Crippen LogP contribution in [0, 0.1) is 11.8 Å². The summed E-state index contributed by atoms with van der Waals surface area (Å²) in [6.45, 7) is 2.61. The Balaban J connectivity index is 2.00. The van der Waals surface area contributed by atoms with Crippen molar-refractivity contribution in [2.45, 2.75) is 90.4 Å². The van der Waals surface area contributed by atoms with Crippen LogP contribution in [0.15, 0.2) is 18.2 Å². The van der Waals surface area contributed by atoms with Crippen molar-refractivity contribution in [3.8, 4) is 11.5 Å². The molecule has 0 spiro atoms. The highest BCUT2D eigenvalue weighted by molar-refractivity contribution is 6.11. The van der Waals surface area contributed by atoms with Crippen LogP contribution in [0.1, 0.15) is 101 Å². The van der Waals surface area contributed by atoms with Crippen molar-refractivity contribution in [3.63, 3.8) is 0 Å². The average Bonchev–Trinajstić information content (AvgIpc) is 2.83. The molecule has 1 saturated carbocycles. The van der Waals surface area contributed by atoms with E-state index in [1.807, 2.05) is 0 Å². The van der Waals surface area contributed by atoms with E-state index < -0.39 is 11.9 Å². The third kappa shape index (κ3) is 7.83. The summed E-state index contributed by atoms with van der Waals surface area (Å²) in [7, 11) is 3.06. The summed E-state index contributed by atoms with van der Waals surface area (Å²) in [5.74, 6) is -0.548. The Hall–Kier alpha value is -2.04. The zero-order valence-electron chi connectivity index (χ0n) is 20.3. The zero-order valence-corrected chi connectivity index (χ0v) is 20.3. The van der Waals surface area contributed by atoms with Crippen LogP contribution in [-0.2, 0) is 9.53 Å². The number of methoxy groups -OCH3 is 2. The predicted molar refractivity (Wildman–Crippen MR) is 128 cm³/mol. The molecule has 5 heteroatoms. The van der Waals surface area contributed by atoms with Gasteiger partial charge in [0.25, 0.3) is 0 Å². The molecule has 0 radical (unpaired) electrons. The molecular weight excluding hydrogens is 404 g/mol. The highest BCUT2D eigenvalue weighted by Crippen LogP contribution is 2.37. The van der Waals surface area contributed by atoms with Crippen molar-refractivity contribution in [2.24, 2.45) is 11.8 Å². The first-order valence-electron chi connectivity index (χ1n) is 12.6. The molecular formula is C27H42O5. The third-order valence-corrected chi connectivity index (χ3v) is 6.57. The maximum atomic E-state index is 13.6. The predicted octanol–water partition coefficient (Wildman–Crippen LogP) is 6.77. The van der Waals surface area contributed by atoms with Crippen LogP contribution in [0.25, 0.3) is 0 Å². The van der Waals surface area contributed by atoms with Crippen LogP contribution < -0.4 is 9.47 Å². The van der Waals surface area contributed by atoms with Crippen molar-refractivity contribution in [1.82, 2.24) is 0 Å². The summed E-state index contributed by atoms with van der Waals surface area (Å²) in [4.78, 5) is 26.8. The summed E-state index contributed by atoms with van der Waals surface area (Å²) < 4.78 is 16.5. The lowest BCUT2D eigenvalue weighted by atomic mass is 9.76. The van der Waals surface area contributed by atoms with Gasteiger partial charge in [0.15, 0.2) is 5.78 Å². The van der Waals surface area contributed by atoms with Crippen molar-refractivity contribution < 1.29 is 23.8 Å². The van der Waals surface area contributed by atoms with E-state index in [4.69, 9.17) is 14.2 Å². The topological polar surface area (TPSA) is 61.8 Å². The first-order valence-corrected chi connectivity index (χ1v) is 12.6. The monoisotopic (exact) mass is 446 g/mol. The molecule has 0 saturated heterocycles. The highest BCUT2D eigenvalue weighted by Gasteiger charge is 2.39. The molecule has 1 aliphatic carbocycles. The largest absolute Gasteiger partial charge is 0.496 e. The van der Waals surface area contributed by atoms with Crippen molar-refractivity contribution in [3.05, 3.63) is 23.8 Å². The molecule has 1 aromatic rings. The second-order valence-corrected chi connectivity index (χ2v) is 8.92. The molecule has 32 heavy (non-hydrogen) atoms. The number of carbonyl (C=O) groups is 2. The van der Waals surface area contributed by atoms with Gasteiger partial charge in [-0.25, -0.2) is 0 Å². The van der Waals surface area contributed by atoms with Gasteiger partial charge >= 0.3 is 5.97 Å². The molecule has 0 aromatic heterocycles. The van der Waals surface area contributed by atoms with Gasteiger partial charge in [0.05, 0.1) is 20.8 Å². The van der Waals surface area contributed by atoms with Crippen LogP contribution in [-0.4, -0.2) is 32.6 Å². The number of ketones is 1. The number of esters is 1. The highest BCUT2D eigenvalue weighted by atomic mass is 16.5. The van der Waals surface area contributed by atoms with E-state index in [0.717, 1.165) is 44.9 Å². The summed E-state index contributed by atoms with van der Waals surface area (Å²) in [6.07, 6.45) is 14.5. The molecule has 2 rings (SSSR count). The van der Waals surface area contributed by atoms with Crippen LogP contribution >= 0.6 is 0 Å². The van der Waals surface area contributed by atoms with E-state index in [1.54, 1.807) is 18.2 Å². The first-order chi connectivity index (χ1) is 15.6. The number of hydrogen-bond donors (Lipinski definition) is 0. The van der Waals surface area contributed by atoms with E-state index in [9.17, 15) is 9.59 Å². The van der Waals surface area contributed by atoms with Gasteiger partial charge in [0.1, 0.15) is 23.0 Å². The van der Waals surface area contributed by atoms with Gasteiger partial charge in [-0.15, -0.1) is 0 Å². The lowest BCUT2D eigenvalue weighted by Gasteiger charge is -2.28. The number of benzene rings is 1. The summed E-state index contributed by atoms with van der Waals surface area (Å²) in [6, 6.07) is 5.25. The molecule has 0 heterocycles. The van der Waals surface area contributed by atoms with E-state index in [-0.39, 0.29) is 11.7 Å². The van der Waals surface area contributed by atoms with Gasteiger partial charge in [0, 0.05) is 0 Å². The molecule has 1 unspecified atom stereocenters. The Bertz CT molecular complexity index is 671. The quantitative estimate of drug-likeness (QED) is 0.129. The molecule has 5 nitrogen and oxygen atoms in total. The van der Waals surface area contributed by atoms with Crippen molar-refractivity contribution >= 4 is 11.8 Å². The third-order valence-electron chi connectivity index (χ3n) is 6.57. The Labute approximate surface area is 194 Å². The maximum Gasteiger partial charge on any atom is 0.317 e. The molecule has 1 aromatic carbocycles. The number of ether oxygens (including phenoxy) is 3. The smallest absolute Gasteiger partial charge is 0.317 e. The van der Waals surface area contributed by atoms with Gasteiger partial charge in [-0.2, -0.15) is 0 Å². The molecule has 1 aliphatic rings. The van der Waals surface area contributed by atoms with E-state index >= 15 is 0 Å². The van der Waals surface area contributed by atoms with Gasteiger partial charge in [-0.05, 0) is 37.3 Å². The fraction of sp³-hybridized carbons (Fsp3) is 0.704. The summed E-state index contributed by atoms with van der Waals surface area (Å²) in [5.41, 5.74) is 0.345. The van der Waals surface area contributed by atoms with Crippen molar-refractivity contribution in [2.75, 3.05) is 20.8 Å². The molecule has 0 bridgehead atoms. The SMILES string of the molecule is CCCCCCCCCCOC(=O)C(C(=O)c1c(OC)cccc1OC)C1CCCCC1. The molecule has 0 aliphatic heterocycles. The Morgan fingerprint density at radius 1 is 0.875 bits per heavy atom. The molecule has 180 valence electrons. The zero-order chi connectivity index (χ0) is 23.2. The number of unbranched alkanes of at least 4 members (excludes halogenated alkanes) is 7. The van der Waals surface area contributed by atoms with Crippen LogP contribution in [0.2, 0.25) is 0 Å². The van der Waals surface area contributed by atoms with E-state index in [1.165, 1.54) is 52.7 Å². The van der Waals surface area contributed by atoms with Crippen LogP contribution in [0.3, 0.4) is 0 Å². The van der Waals surface area contributed by atoms with Gasteiger partial charge in [0.2, 0.25) is 0 Å². The van der Waals surface area contributed by atoms with E-state index in [0.29, 0.717) is 23.7 Å². The second kappa shape index (κ2) is 14.9. The lowest BCUT2D eigenvalue weighted by Crippen LogP contribution is -2.35. The second-order valence-electron chi connectivity index (χ2n) is 8.92. The fourth-order valence-electron chi connectivity index (χ4n) is 4.73. The van der Waals surface area contributed by atoms with Crippen LogP contribution in [0.5, 0.6) is 11.5 Å². The molecule has 0 N–H and O–H groups in total. The minimum Gasteiger partial charge on any atom is -0.496 e. The van der Waals surface area contributed by atoms with E-state index in [2.05, 4.69) is 6.92 Å². The van der Waals surface area contributed by atoms with Gasteiger partial charge in [-0.3, -0.25) is 9.59 Å². The Morgan fingerprint density at radius 2 is 1.44 bits per heavy atom. The standard InChI is InChI=1S/C27H42O5/c1-4-5-6-7-8-9-10-14-20-32-27(29)24(21-16-12-11-13-17-21)26(28)25-22(30-2)18-15-19-23(25)31-3/h15,18-19,21,24H,4-14,16-17,20H2,1-3H3. The fourth-order valence-corrected chi connectivity index (χ4v) is 4.73. The average molecular weight is 447 g/mol.